The van der Waals surface area contributed by atoms with Crippen molar-refractivity contribution >= 4 is 28.9 Å². The third-order valence-corrected chi connectivity index (χ3v) is 4.49. The number of hydrogen-bond donors (Lipinski definition) is 3. The fourth-order valence-corrected chi connectivity index (χ4v) is 3.26. The molecular formula is C19H14F5N3OS. The minimum Gasteiger partial charge on any atom is -0.351 e. The van der Waals surface area contributed by atoms with Gasteiger partial charge in [0.1, 0.15) is 11.6 Å². The zero-order valence-electron chi connectivity index (χ0n) is 14.8. The van der Waals surface area contributed by atoms with Crippen molar-refractivity contribution in [1.29, 1.82) is 0 Å². The van der Waals surface area contributed by atoms with E-state index < -0.39 is 41.0 Å². The van der Waals surface area contributed by atoms with E-state index in [1.807, 2.05) is 0 Å². The average Bonchev–Trinajstić information content (AvgIpc) is 2.60. The van der Waals surface area contributed by atoms with Crippen molar-refractivity contribution < 1.29 is 26.7 Å². The van der Waals surface area contributed by atoms with E-state index >= 15 is 0 Å². The number of carbonyl (C=O) groups is 1. The van der Waals surface area contributed by atoms with E-state index in [0.29, 0.717) is 6.07 Å². The minimum absolute atomic E-state index is 0.0798. The van der Waals surface area contributed by atoms with E-state index in [-0.39, 0.29) is 21.9 Å². The summed E-state index contributed by atoms with van der Waals surface area (Å²) in [4.78, 5) is 12.9. The minimum atomic E-state index is -4.68. The zero-order valence-corrected chi connectivity index (χ0v) is 15.6. The maximum Gasteiger partial charge on any atom is 0.418 e. The number of anilines is 1. The molecule has 10 heteroatoms. The van der Waals surface area contributed by atoms with Crippen molar-refractivity contribution in [2.75, 3.05) is 5.32 Å². The lowest BCUT2D eigenvalue weighted by Crippen LogP contribution is -2.46. The maximum atomic E-state index is 14.3. The second kappa shape index (κ2) is 7.78. The molecule has 0 bridgehead atoms. The summed E-state index contributed by atoms with van der Waals surface area (Å²) >= 11 is 5.03. The molecule has 0 saturated carbocycles. The summed E-state index contributed by atoms with van der Waals surface area (Å²) < 4.78 is 67.2. The molecule has 4 nitrogen and oxygen atoms in total. The molecule has 1 aliphatic rings. The highest BCUT2D eigenvalue weighted by atomic mass is 32.1. The van der Waals surface area contributed by atoms with Gasteiger partial charge in [-0.05, 0) is 37.3 Å². The van der Waals surface area contributed by atoms with Crippen molar-refractivity contribution in [2.45, 2.75) is 19.1 Å². The largest absolute Gasteiger partial charge is 0.418 e. The molecule has 1 amide bonds. The Morgan fingerprint density at radius 2 is 1.83 bits per heavy atom. The smallest absolute Gasteiger partial charge is 0.351 e. The van der Waals surface area contributed by atoms with Gasteiger partial charge in [-0.1, -0.05) is 18.2 Å². The van der Waals surface area contributed by atoms with Crippen LogP contribution in [-0.4, -0.2) is 11.0 Å². The SMILES string of the molecule is CC1=C(C(=O)Nc2ccccc2C(F)(F)F)C(c2ccc(F)cc2F)NC(=S)N1. The molecular weight excluding hydrogens is 413 g/mol. The summed E-state index contributed by atoms with van der Waals surface area (Å²) in [5.41, 5.74) is -1.41. The van der Waals surface area contributed by atoms with Crippen molar-refractivity contribution in [3.8, 4) is 0 Å². The van der Waals surface area contributed by atoms with Gasteiger partial charge in [0.05, 0.1) is 22.9 Å². The van der Waals surface area contributed by atoms with Crippen molar-refractivity contribution in [3.05, 3.63) is 76.5 Å². The maximum absolute atomic E-state index is 14.3. The quantitative estimate of drug-likeness (QED) is 0.502. The van der Waals surface area contributed by atoms with Gasteiger partial charge in [-0.25, -0.2) is 8.78 Å². The van der Waals surface area contributed by atoms with E-state index in [1.54, 1.807) is 0 Å². The monoisotopic (exact) mass is 427 g/mol. The Morgan fingerprint density at radius 3 is 2.48 bits per heavy atom. The Morgan fingerprint density at radius 1 is 1.14 bits per heavy atom. The van der Waals surface area contributed by atoms with Gasteiger partial charge in [-0.3, -0.25) is 4.79 Å². The zero-order chi connectivity index (χ0) is 21.3. The molecule has 0 spiro atoms. The number of allylic oxidation sites excluding steroid dienone is 1. The molecule has 1 unspecified atom stereocenters. The highest BCUT2D eigenvalue weighted by Gasteiger charge is 2.36. The molecule has 0 aliphatic carbocycles. The van der Waals surface area contributed by atoms with Crippen LogP contribution in [0.25, 0.3) is 0 Å². The van der Waals surface area contributed by atoms with Crippen LogP contribution in [-0.2, 0) is 11.0 Å². The van der Waals surface area contributed by atoms with E-state index in [1.165, 1.54) is 19.1 Å². The molecule has 2 aromatic carbocycles. The normalized spacial score (nSPS) is 16.9. The molecule has 0 aromatic heterocycles. The molecule has 1 aliphatic heterocycles. The van der Waals surface area contributed by atoms with Crippen LogP contribution in [0.1, 0.15) is 24.1 Å². The highest BCUT2D eigenvalue weighted by molar-refractivity contribution is 7.80. The predicted molar refractivity (Wildman–Crippen MR) is 101 cm³/mol. The standard InChI is InChI=1S/C19H14F5N3OS/c1-9-15(17(28)26-14-5-3-2-4-12(14)19(22,23)24)16(27-18(29)25-9)11-7-6-10(20)8-13(11)21/h2-8,16H,1H3,(H,26,28)(H2,25,27,29). The van der Waals surface area contributed by atoms with Gasteiger partial charge < -0.3 is 16.0 Å². The van der Waals surface area contributed by atoms with Crippen LogP contribution >= 0.6 is 12.2 Å². The molecule has 1 heterocycles. The van der Waals surface area contributed by atoms with E-state index in [9.17, 15) is 26.7 Å². The summed E-state index contributed by atoms with van der Waals surface area (Å²) in [6.45, 7) is 1.48. The third-order valence-electron chi connectivity index (χ3n) is 4.27. The van der Waals surface area contributed by atoms with Crippen molar-refractivity contribution in [2.24, 2.45) is 0 Å². The first-order valence-corrected chi connectivity index (χ1v) is 8.69. The average molecular weight is 427 g/mol. The second-order valence-electron chi connectivity index (χ2n) is 6.23. The molecule has 29 heavy (non-hydrogen) atoms. The topological polar surface area (TPSA) is 53.2 Å². The summed E-state index contributed by atoms with van der Waals surface area (Å²) in [5.74, 6) is -2.63. The van der Waals surface area contributed by atoms with Crippen LogP contribution in [0, 0.1) is 11.6 Å². The van der Waals surface area contributed by atoms with E-state index in [2.05, 4.69) is 16.0 Å². The first-order chi connectivity index (χ1) is 13.6. The van der Waals surface area contributed by atoms with Crippen LogP contribution in [0.2, 0.25) is 0 Å². The molecule has 0 fully saturated rings. The van der Waals surface area contributed by atoms with Gasteiger partial charge in [-0.15, -0.1) is 0 Å². The van der Waals surface area contributed by atoms with Gasteiger partial charge in [-0.2, -0.15) is 13.2 Å². The molecule has 3 rings (SSSR count). The summed E-state index contributed by atoms with van der Waals surface area (Å²) in [5, 5.41) is 7.71. The molecule has 2 aromatic rings. The molecule has 1 atom stereocenters. The molecule has 152 valence electrons. The number of carbonyl (C=O) groups excluding carboxylic acids is 1. The first-order valence-electron chi connectivity index (χ1n) is 8.28. The lowest BCUT2D eigenvalue weighted by molar-refractivity contribution is -0.137. The summed E-state index contributed by atoms with van der Waals surface area (Å²) in [6, 6.07) is 6.15. The molecule has 3 N–H and O–H groups in total. The number of amides is 1. The summed E-state index contributed by atoms with van der Waals surface area (Å²) in [7, 11) is 0. The number of benzene rings is 2. The lowest BCUT2D eigenvalue weighted by Gasteiger charge is -2.30. The Kier molecular flexibility index (Phi) is 5.56. The van der Waals surface area contributed by atoms with Gasteiger partial charge in [0, 0.05) is 17.3 Å². The van der Waals surface area contributed by atoms with Crippen molar-refractivity contribution in [1.82, 2.24) is 10.6 Å². The number of hydrogen-bond acceptors (Lipinski definition) is 2. The Labute approximate surface area is 167 Å². The third kappa shape index (κ3) is 4.37. The second-order valence-corrected chi connectivity index (χ2v) is 6.64. The molecule has 0 saturated heterocycles. The number of halogens is 5. The predicted octanol–water partition coefficient (Wildman–Crippen LogP) is 4.42. The summed E-state index contributed by atoms with van der Waals surface area (Å²) in [6.07, 6.45) is -4.68. The van der Waals surface area contributed by atoms with Gasteiger partial charge >= 0.3 is 6.18 Å². The van der Waals surface area contributed by atoms with Crippen LogP contribution in [0.15, 0.2) is 53.7 Å². The lowest BCUT2D eigenvalue weighted by atomic mass is 9.94. The van der Waals surface area contributed by atoms with Gasteiger partial charge in [0.15, 0.2) is 5.11 Å². The number of rotatable bonds is 3. The Balaban J connectivity index is 2.01. The van der Waals surface area contributed by atoms with Crippen LogP contribution in [0.3, 0.4) is 0 Å². The molecule has 0 radical (unpaired) electrons. The number of nitrogens with one attached hydrogen (secondary N) is 3. The van der Waals surface area contributed by atoms with E-state index in [0.717, 1.165) is 24.3 Å². The first kappa shape index (κ1) is 20.7. The van der Waals surface area contributed by atoms with E-state index in [4.69, 9.17) is 12.2 Å². The van der Waals surface area contributed by atoms with Crippen LogP contribution in [0.5, 0.6) is 0 Å². The Bertz CT molecular complexity index is 1020. The number of thiocarbonyl (C=S) groups is 1. The van der Waals surface area contributed by atoms with Gasteiger partial charge in [0.2, 0.25) is 0 Å². The fourth-order valence-electron chi connectivity index (χ4n) is 2.99. The van der Waals surface area contributed by atoms with Crippen molar-refractivity contribution in [3.63, 3.8) is 0 Å². The number of alkyl halides is 3. The fraction of sp³-hybridized carbons (Fsp3) is 0.158. The Hall–Kier alpha value is -3.01. The van der Waals surface area contributed by atoms with Crippen LogP contribution < -0.4 is 16.0 Å². The highest BCUT2D eigenvalue weighted by Crippen LogP contribution is 2.36. The van der Waals surface area contributed by atoms with Crippen LogP contribution in [0.4, 0.5) is 27.6 Å². The van der Waals surface area contributed by atoms with Gasteiger partial charge in [0.25, 0.3) is 5.91 Å². The number of para-hydroxylation sites is 1.